The lowest BCUT2D eigenvalue weighted by molar-refractivity contribution is -0.131. The maximum Gasteiger partial charge on any atom is 0.220 e. The molecule has 7 heteroatoms. The molecule has 1 heterocycles. The van der Waals surface area contributed by atoms with Gasteiger partial charge in [0.15, 0.2) is 11.6 Å². The zero-order valence-electron chi connectivity index (χ0n) is 28.7. The molecule has 42 heavy (non-hydrogen) atoms. The summed E-state index contributed by atoms with van der Waals surface area (Å²) in [6.45, 7) is 25.7. The van der Waals surface area contributed by atoms with Crippen molar-refractivity contribution in [3.05, 3.63) is 12.2 Å². The van der Waals surface area contributed by atoms with E-state index in [-0.39, 0.29) is 46.9 Å². The molecule has 4 unspecified atom stereocenters. The molecule has 2 N–H and O–H groups in total. The van der Waals surface area contributed by atoms with E-state index < -0.39 is 28.1 Å². The van der Waals surface area contributed by atoms with Crippen LogP contribution in [0.3, 0.4) is 0 Å². The Hall–Kier alpha value is -1.57. The minimum absolute atomic E-state index is 0.00534. The van der Waals surface area contributed by atoms with Gasteiger partial charge in [-0.1, -0.05) is 54.9 Å². The predicted molar refractivity (Wildman–Crippen MR) is 168 cm³/mol. The molecule has 0 spiro atoms. The number of nitrogens with one attached hydrogen (secondary N) is 1. The lowest BCUT2D eigenvalue weighted by Gasteiger charge is -2.45. The van der Waals surface area contributed by atoms with Gasteiger partial charge < -0.3 is 19.9 Å². The molecule has 1 saturated heterocycles. The van der Waals surface area contributed by atoms with Gasteiger partial charge in [-0.25, -0.2) is 0 Å². The fraction of sp³-hybridized carbons (Fsp3) is 0.857. The van der Waals surface area contributed by atoms with Crippen LogP contribution in [0.4, 0.5) is 0 Å². The Labute approximate surface area is 256 Å². The summed E-state index contributed by atoms with van der Waals surface area (Å²) in [6.07, 6.45) is 7.38. The largest absolute Gasteiger partial charge is 0.392 e. The number of carbonyl (C=O) groups is 3. The van der Waals surface area contributed by atoms with Crippen molar-refractivity contribution in [3.8, 4) is 0 Å². The number of amides is 1. The first-order chi connectivity index (χ1) is 19.0. The fourth-order valence-electron chi connectivity index (χ4n) is 7.32. The molecule has 0 saturated carbocycles. The number of rotatable bonds is 17. The second-order valence-corrected chi connectivity index (χ2v) is 16.7. The van der Waals surface area contributed by atoms with Gasteiger partial charge in [-0.15, -0.1) is 0 Å². The van der Waals surface area contributed by atoms with E-state index in [4.69, 9.17) is 9.47 Å². The Kier molecular flexibility index (Phi) is 11.5. The number of aliphatic hydroxyl groups excluding tert-OH is 1. The van der Waals surface area contributed by atoms with E-state index in [1.807, 2.05) is 41.5 Å². The molecule has 1 amide bonds. The molecule has 0 aromatic carbocycles. The highest BCUT2D eigenvalue weighted by atomic mass is 16.6. The van der Waals surface area contributed by atoms with E-state index in [1.54, 1.807) is 0 Å². The number of ether oxygens (including phenoxy) is 2. The molecule has 0 aromatic heterocycles. The summed E-state index contributed by atoms with van der Waals surface area (Å²) >= 11 is 0. The third-order valence-corrected chi connectivity index (χ3v) is 9.46. The third-order valence-electron chi connectivity index (χ3n) is 9.46. The standard InChI is InChI=1S/C35H61NO6/c1-13-30(2,3)29-35(12,42-29)22-34(10,11)41-23-32(6,7)28(40)31(4,5)21-33(8,9)36-27(39)17-15-14-16-24-20-25(37)18-19-26(24)38/h18-19,24,28-29,40H,13-17,20-23H2,1-12H3,(H,36,39). The molecule has 1 aliphatic heterocycles. The number of unbranched alkanes of at least 4 members (excludes halogenated alkanes) is 1. The second kappa shape index (κ2) is 13.2. The molecule has 242 valence electrons. The fourth-order valence-corrected chi connectivity index (χ4v) is 7.32. The van der Waals surface area contributed by atoms with Gasteiger partial charge >= 0.3 is 0 Å². The molecule has 4 atom stereocenters. The van der Waals surface area contributed by atoms with Crippen LogP contribution < -0.4 is 5.32 Å². The molecule has 1 aliphatic carbocycles. The quantitative estimate of drug-likeness (QED) is 0.143. The van der Waals surface area contributed by atoms with Gasteiger partial charge in [-0.05, 0) is 83.3 Å². The van der Waals surface area contributed by atoms with Crippen LogP contribution in [0.15, 0.2) is 12.2 Å². The second-order valence-electron chi connectivity index (χ2n) is 16.7. The van der Waals surface area contributed by atoms with Crippen LogP contribution in [0.2, 0.25) is 0 Å². The summed E-state index contributed by atoms with van der Waals surface area (Å²) in [5.74, 6) is -0.290. The molecule has 0 bridgehead atoms. The van der Waals surface area contributed by atoms with Crippen molar-refractivity contribution in [2.75, 3.05) is 6.61 Å². The minimum Gasteiger partial charge on any atom is -0.392 e. The van der Waals surface area contributed by atoms with Gasteiger partial charge in [0.05, 0.1) is 30.0 Å². The molecule has 2 rings (SSSR count). The molecule has 2 aliphatic rings. The SMILES string of the molecule is CCC(C)(C)C1OC1(C)CC(C)(C)OCC(C)(C)C(O)C(C)(C)CC(C)(C)NC(=O)CCCCC1CC(=O)C=CC1=O. The van der Waals surface area contributed by atoms with Crippen molar-refractivity contribution >= 4 is 17.5 Å². The molecule has 7 nitrogen and oxygen atoms in total. The van der Waals surface area contributed by atoms with E-state index in [0.717, 1.165) is 19.3 Å². The van der Waals surface area contributed by atoms with Crippen molar-refractivity contribution in [1.29, 1.82) is 0 Å². The number of hydrogen-bond donors (Lipinski definition) is 2. The van der Waals surface area contributed by atoms with E-state index in [0.29, 0.717) is 32.3 Å². The first-order valence-corrected chi connectivity index (χ1v) is 16.0. The van der Waals surface area contributed by atoms with E-state index >= 15 is 0 Å². The topological polar surface area (TPSA) is 105 Å². The van der Waals surface area contributed by atoms with Crippen LogP contribution in [0, 0.1) is 22.2 Å². The van der Waals surface area contributed by atoms with Crippen LogP contribution in [0.5, 0.6) is 0 Å². The predicted octanol–water partition coefficient (Wildman–Crippen LogP) is 6.74. The van der Waals surface area contributed by atoms with Gasteiger partial charge in [-0.3, -0.25) is 14.4 Å². The summed E-state index contributed by atoms with van der Waals surface area (Å²) in [5.41, 5.74) is -2.00. The number of ketones is 2. The van der Waals surface area contributed by atoms with Crippen molar-refractivity contribution in [1.82, 2.24) is 5.32 Å². The highest BCUT2D eigenvalue weighted by Crippen LogP contribution is 2.53. The monoisotopic (exact) mass is 591 g/mol. The van der Waals surface area contributed by atoms with Gasteiger partial charge in [-0.2, -0.15) is 0 Å². The van der Waals surface area contributed by atoms with Crippen LogP contribution in [0.25, 0.3) is 0 Å². The highest BCUT2D eigenvalue weighted by Gasteiger charge is 2.60. The van der Waals surface area contributed by atoms with E-state index in [1.165, 1.54) is 12.2 Å². The van der Waals surface area contributed by atoms with Crippen molar-refractivity contribution in [2.45, 2.75) is 163 Å². The van der Waals surface area contributed by atoms with Gasteiger partial charge in [0.1, 0.15) is 0 Å². The first-order valence-electron chi connectivity index (χ1n) is 16.0. The van der Waals surface area contributed by atoms with Gasteiger partial charge in [0, 0.05) is 36.1 Å². The van der Waals surface area contributed by atoms with Crippen LogP contribution in [-0.2, 0) is 23.9 Å². The Morgan fingerprint density at radius 2 is 1.67 bits per heavy atom. The summed E-state index contributed by atoms with van der Waals surface area (Å²) in [7, 11) is 0. The number of epoxide rings is 1. The lowest BCUT2D eigenvalue weighted by Crippen LogP contribution is -2.52. The Balaban J connectivity index is 1.85. The van der Waals surface area contributed by atoms with Crippen LogP contribution >= 0.6 is 0 Å². The molecular formula is C35H61NO6. The zero-order chi connectivity index (χ0) is 32.4. The van der Waals surface area contributed by atoms with E-state index in [2.05, 4.69) is 46.9 Å². The molecular weight excluding hydrogens is 530 g/mol. The maximum atomic E-state index is 12.8. The summed E-state index contributed by atoms with van der Waals surface area (Å²) in [4.78, 5) is 36.3. The normalized spacial score (nSPS) is 24.6. The summed E-state index contributed by atoms with van der Waals surface area (Å²) in [5, 5.41) is 14.7. The van der Waals surface area contributed by atoms with Gasteiger partial charge in [0.2, 0.25) is 5.91 Å². The Morgan fingerprint density at radius 3 is 2.26 bits per heavy atom. The van der Waals surface area contributed by atoms with Crippen molar-refractivity contribution < 1.29 is 29.0 Å². The average molecular weight is 592 g/mol. The minimum atomic E-state index is -0.665. The van der Waals surface area contributed by atoms with Crippen molar-refractivity contribution in [3.63, 3.8) is 0 Å². The summed E-state index contributed by atoms with van der Waals surface area (Å²) in [6, 6.07) is 0. The third kappa shape index (κ3) is 10.3. The number of aliphatic hydroxyl groups is 1. The average Bonchev–Trinajstić information content (AvgIpc) is 3.52. The smallest absolute Gasteiger partial charge is 0.220 e. The Morgan fingerprint density at radius 1 is 1.05 bits per heavy atom. The van der Waals surface area contributed by atoms with Crippen molar-refractivity contribution in [2.24, 2.45) is 22.2 Å². The van der Waals surface area contributed by atoms with Crippen LogP contribution in [0.1, 0.15) is 134 Å². The maximum absolute atomic E-state index is 12.8. The van der Waals surface area contributed by atoms with Crippen LogP contribution in [-0.4, -0.2) is 58.1 Å². The number of allylic oxidation sites excluding steroid dienone is 2. The lowest BCUT2D eigenvalue weighted by atomic mass is 9.67. The van der Waals surface area contributed by atoms with Gasteiger partial charge in [0.25, 0.3) is 0 Å². The van der Waals surface area contributed by atoms with E-state index in [9.17, 15) is 19.5 Å². The number of hydrogen-bond acceptors (Lipinski definition) is 6. The first kappa shape index (κ1) is 36.6. The highest BCUT2D eigenvalue weighted by molar-refractivity contribution is 6.05. The Bertz CT molecular complexity index is 1010. The molecule has 0 aromatic rings. The molecule has 1 fully saturated rings. The summed E-state index contributed by atoms with van der Waals surface area (Å²) < 4.78 is 12.7. The zero-order valence-corrected chi connectivity index (χ0v) is 28.7. The number of carbonyl (C=O) groups excluding carboxylic acids is 3. The molecule has 0 radical (unpaired) electrons.